The van der Waals surface area contributed by atoms with Gasteiger partial charge in [0.2, 0.25) is 0 Å². The Morgan fingerprint density at radius 3 is 2.64 bits per heavy atom. The summed E-state index contributed by atoms with van der Waals surface area (Å²) in [7, 11) is 1.53. The summed E-state index contributed by atoms with van der Waals surface area (Å²) in [6.07, 6.45) is 0.870. The molecular formula is C11H17NO2. The number of methoxy groups -OCH3 is 1. The number of aryl methyl sites for hydroxylation is 1. The van der Waals surface area contributed by atoms with Gasteiger partial charge in [-0.05, 0) is 36.6 Å². The molecule has 0 fully saturated rings. The quantitative estimate of drug-likeness (QED) is 0.776. The predicted octanol–water partition coefficient (Wildman–Crippen LogP) is 2.12. The Hall–Kier alpha value is -1.22. The van der Waals surface area contributed by atoms with Crippen LogP contribution in [0.25, 0.3) is 0 Å². The molecule has 0 amide bonds. The molecule has 0 spiro atoms. The summed E-state index contributed by atoms with van der Waals surface area (Å²) in [6.45, 7) is 3.97. The first-order valence-corrected chi connectivity index (χ1v) is 4.73. The van der Waals surface area contributed by atoms with Gasteiger partial charge in [-0.3, -0.25) is 0 Å². The fraction of sp³-hybridized carbons (Fsp3) is 0.455. The minimum Gasteiger partial charge on any atom is -0.504 e. The summed E-state index contributed by atoms with van der Waals surface area (Å²) in [5.41, 5.74) is 7.96. The van der Waals surface area contributed by atoms with E-state index in [2.05, 4.69) is 0 Å². The second-order valence-electron chi connectivity index (χ2n) is 3.40. The lowest BCUT2D eigenvalue weighted by atomic mass is 9.99. The Balaban J connectivity index is 3.17. The van der Waals surface area contributed by atoms with Crippen molar-refractivity contribution in [1.29, 1.82) is 0 Å². The standard InChI is InChI=1S/C11H17NO2/c1-4-9(12)8-6-11(14-3)10(13)5-7(8)2/h5-6,9,13H,4,12H2,1-3H3/t9-/m1/s1. The molecular weight excluding hydrogens is 178 g/mol. The summed E-state index contributed by atoms with van der Waals surface area (Å²) in [6, 6.07) is 3.49. The van der Waals surface area contributed by atoms with Crippen molar-refractivity contribution in [1.82, 2.24) is 0 Å². The number of nitrogens with two attached hydrogens (primary N) is 1. The molecule has 0 heterocycles. The van der Waals surface area contributed by atoms with Crippen molar-refractivity contribution in [2.75, 3.05) is 7.11 Å². The number of hydrogen-bond donors (Lipinski definition) is 2. The SMILES string of the molecule is CC[C@@H](N)c1cc(OC)c(O)cc1C. The molecule has 0 saturated carbocycles. The molecule has 3 nitrogen and oxygen atoms in total. The van der Waals surface area contributed by atoms with Gasteiger partial charge in [-0.1, -0.05) is 6.92 Å². The van der Waals surface area contributed by atoms with Gasteiger partial charge < -0.3 is 15.6 Å². The van der Waals surface area contributed by atoms with Crippen LogP contribution in [0.4, 0.5) is 0 Å². The number of ether oxygens (including phenoxy) is 1. The maximum atomic E-state index is 9.50. The number of aromatic hydroxyl groups is 1. The highest BCUT2D eigenvalue weighted by Gasteiger charge is 2.11. The van der Waals surface area contributed by atoms with Crippen LogP contribution in [0.5, 0.6) is 11.5 Å². The largest absolute Gasteiger partial charge is 0.504 e. The van der Waals surface area contributed by atoms with Crippen LogP contribution >= 0.6 is 0 Å². The molecule has 14 heavy (non-hydrogen) atoms. The predicted molar refractivity (Wildman–Crippen MR) is 56.6 cm³/mol. The zero-order valence-corrected chi connectivity index (χ0v) is 8.87. The maximum absolute atomic E-state index is 9.50. The first-order valence-electron chi connectivity index (χ1n) is 4.73. The van der Waals surface area contributed by atoms with E-state index in [-0.39, 0.29) is 11.8 Å². The van der Waals surface area contributed by atoms with E-state index in [4.69, 9.17) is 10.5 Å². The van der Waals surface area contributed by atoms with Gasteiger partial charge in [-0.25, -0.2) is 0 Å². The number of phenols is 1. The van der Waals surface area contributed by atoms with Crippen LogP contribution in [0.2, 0.25) is 0 Å². The molecule has 0 aliphatic rings. The normalized spacial score (nSPS) is 12.6. The van der Waals surface area contributed by atoms with Gasteiger partial charge in [0.15, 0.2) is 11.5 Å². The van der Waals surface area contributed by atoms with E-state index >= 15 is 0 Å². The fourth-order valence-corrected chi connectivity index (χ4v) is 1.47. The lowest BCUT2D eigenvalue weighted by Gasteiger charge is -2.14. The van der Waals surface area contributed by atoms with Crippen LogP contribution in [0.1, 0.15) is 30.5 Å². The summed E-state index contributed by atoms with van der Waals surface area (Å²) in [4.78, 5) is 0. The van der Waals surface area contributed by atoms with Crippen molar-refractivity contribution in [2.24, 2.45) is 5.73 Å². The molecule has 1 aromatic rings. The number of hydrogen-bond acceptors (Lipinski definition) is 3. The van der Waals surface area contributed by atoms with Gasteiger partial charge in [-0.2, -0.15) is 0 Å². The summed E-state index contributed by atoms with van der Waals surface area (Å²) < 4.78 is 5.03. The van der Waals surface area contributed by atoms with Crippen molar-refractivity contribution >= 4 is 0 Å². The molecule has 1 atom stereocenters. The van der Waals surface area contributed by atoms with E-state index in [1.165, 1.54) is 7.11 Å². The molecule has 78 valence electrons. The molecule has 0 saturated heterocycles. The molecule has 1 aromatic carbocycles. The van der Waals surface area contributed by atoms with Crippen molar-refractivity contribution in [3.63, 3.8) is 0 Å². The monoisotopic (exact) mass is 195 g/mol. The molecule has 0 bridgehead atoms. The van der Waals surface area contributed by atoms with Gasteiger partial charge in [0.05, 0.1) is 7.11 Å². The summed E-state index contributed by atoms with van der Waals surface area (Å²) in [5, 5.41) is 9.50. The molecule has 0 unspecified atom stereocenters. The summed E-state index contributed by atoms with van der Waals surface area (Å²) >= 11 is 0. The molecule has 3 heteroatoms. The van der Waals surface area contributed by atoms with E-state index in [0.717, 1.165) is 17.5 Å². The van der Waals surface area contributed by atoms with E-state index < -0.39 is 0 Å². The lowest BCUT2D eigenvalue weighted by molar-refractivity contribution is 0.372. The molecule has 0 aliphatic carbocycles. The van der Waals surface area contributed by atoms with Crippen LogP contribution in [-0.4, -0.2) is 12.2 Å². The number of rotatable bonds is 3. The zero-order valence-electron chi connectivity index (χ0n) is 8.87. The van der Waals surface area contributed by atoms with Gasteiger partial charge >= 0.3 is 0 Å². The van der Waals surface area contributed by atoms with E-state index in [9.17, 15) is 5.11 Å². The third kappa shape index (κ3) is 1.99. The maximum Gasteiger partial charge on any atom is 0.160 e. The van der Waals surface area contributed by atoms with Crippen molar-refractivity contribution in [3.8, 4) is 11.5 Å². The molecule has 0 aromatic heterocycles. The average Bonchev–Trinajstić information content (AvgIpc) is 2.17. The topological polar surface area (TPSA) is 55.5 Å². The fourth-order valence-electron chi connectivity index (χ4n) is 1.47. The van der Waals surface area contributed by atoms with Crippen LogP contribution < -0.4 is 10.5 Å². The zero-order chi connectivity index (χ0) is 10.7. The minimum atomic E-state index is 0.00417. The Labute approximate surface area is 84.5 Å². The van der Waals surface area contributed by atoms with Crippen LogP contribution in [-0.2, 0) is 0 Å². The minimum absolute atomic E-state index is 0.00417. The van der Waals surface area contributed by atoms with Crippen LogP contribution in [0.15, 0.2) is 12.1 Å². The first-order chi connectivity index (χ1) is 6.60. The highest BCUT2D eigenvalue weighted by atomic mass is 16.5. The second kappa shape index (κ2) is 4.33. The highest BCUT2D eigenvalue weighted by molar-refractivity contribution is 5.47. The Morgan fingerprint density at radius 1 is 1.50 bits per heavy atom. The smallest absolute Gasteiger partial charge is 0.160 e. The van der Waals surface area contributed by atoms with E-state index in [1.807, 2.05) is 13.8 Å². The molecule has 0 aliphatic heterocycles. The third-order valence-corrected chi connectivity index (χ3v) is 2.41. The Morgan fingerprint density at radius 2 is 2.14 bits per heavy atom. The molecule has 0 radical (unpaired) electrons. The van der Waals surface area contributed by atoms with Gasteiger partial charge in [-0.15, -0.1) is 0 Å². The second-order valence-corrected chi connectivity index (χ2v) is 3.40. The average molecular weight is 195 g/mol. The van der Waals surface area contributed by atoms with Gasteiger partial charge in [0.25, 0.3) is 0 Å². The summed E-state index contributed by atoms with van der Waals surface area (Å²) in [5.74, 6) is 0.645. The number of benzene rings is 1. The van der Waals surface area contributed by atoms with E-state index in [1.54, 1.807) is 12.1 Å². The van der Waals surface area contributed by atoms with Crippen molar-refractivity contribution < 1.29 is 9.84 Å². The highest BCUT2D eigenvalue weighted by Crippen LogP contribution is 2.31. The Bertz CT molecular complexity index is 323. The van der Waals surface area contributed by atoms with Crippen molar-refractivity contribution in [3.05, 3.63) is 23.3 Å². The third-order valence-electron chi connectivity index (χ3n) is 2.41. The molecule has 1 rings (SSSR count). The number of phenolic OH excluding ortho intramolecular Hbond substituents is 1. The van der Waals surface area contributed by atoms with Crippen molar-refractivity contribution in [2.45, 2.75) is 26.3 Å². The van der Waals surface area contributed by atoms with Gasteiger partial charge in [0.1, 0.15) is 0 Å². The van der Waals surface area contributed by atoms with Crippen LogP contribution in [0.3, 0.4) is 0 Å². The lowest BCUT2D eigenvalue weighted by Crippen LogP contribution is -2.10. The van der Waals surface area contributed by atoms with E-state index in [0.29, 0.717) is 5.75 Å². The first kappa shape index (κ1) is 10.9. The molecule has 3 N–H and O–H groups in total. The Kier molecular flexibility index (Phi) is 3.36. The van der Waals surface area contributed by atoms with Crippen LogP contribution in [0, 0.1) is 6.92 Å². The van der Waals surface area contributed by atoms with Gasteiger partial charge in [0, 0.05) is 6.04 Å².